The largest absolute Gasteiger partial charge is 0.391 e. The van der Waals surface area contributed by atoms with Gasteiger partial charge in [0.25, 0.3) is 0 Å². The van der Waals surface area contributed by atoms with Crippen LogP contribution in [0.5, 0.6) is 0 Å². The highest BCUT2D eigenvalue weighted by Crippen LogP contribution is 2.16. The van der Waals surface area contributed by atoms with Crippen LogP contribution in [0.25, 0.3) is 0 Å². The molecule has 15 heavy (non-hydrogen) atoms. The van der Waals surface area contributed by atoms with Gasteiger partial charge in [0.1, 0.15) is 0 Å². The van der Waals surface area contributed by atoms with Gasteiger partial charge in [-0.05, 0) is 24.3 Å². The predicted molar refractivity (Wildman–Crippen MR) is 60.2 cm³/mol. The van der Waals surface area contributed by atoms with Crippen molar-refractivity contribution in [2.24, 2.45) is 0 Å². The number of aliphatic hydroxyl groups is 1. The van der Waals surface area contributed by atoms with Crippen LogP contribution < -0.4 is 0 Å². The number of benzene rings is 1. The first-order valence-corrected chi connectivity index (χ1v) is 6.74. The Morgan fingerprint density at radius 2 is 1.80 bits per heavy atom. The summed E-state index contributed by atoms with van der Waals surface area (Å²) in [6, 6.07) is 5.78. The van der Waals surface area contributed by atoms with E-state index < -0.39 is 15.9 Å². The lowest BCUT2D eigenvalue weighted by Crippen LogP contribution is -2.22. The normalized spacial score (nSPS) is 13.8. The summed E-state index contributed by atoms with van der Waals surface area (Å²) in [5, 5.41) is 9.64. The maximum atomic E-state index is 11.7. The fourth-order valence-electron chi connectivity index (χ4n) is 1.04. The fourth-order valence-corrected chi connectivity index (χ4v) is 2.77. The van der Waals surface area contributed by atoms with Crippen molar-refractivity contribution < 1.29 is 13.5 Å². The quantitative estimate of drug-likeness (QED) is 0.847. The van der Waals surface area contributed by atoms with E-state index in [1.807, 2.05) is 0 Å². The molecule has 1 atom stereocenters. The van der Waals surface area contributed by atoms with Gasteiger partial charge in [-0.1, -0.05) is 11.6 Å². The summed E-state index contributed by atoms with van der Waals surface area (Å²) in [4.78, 5) is 0.135. The second kappa shape index (κ2) is 5.16. The molecule has 0 aromatic heterocycles. The first-order valence-electron chi connectivity index (χ1n) is 4.18. The number of alkyl halides is 1. The third-order valence-electron chi connectivity index (χ3n) is 1.76. The number of hydrogen-bond acceptors (Lipinski definition) is 3. The Balaban J connectivity index is 2.91. The molecule has 0 aliphatic heterocycles. The number of aliphatic hydroxyl groups excluding tert-OH is 1. The summed E-state index contributed by atoms with van der Waals surface area (Å²) < 4.78 is 23.3. The smallest absolute Gasteiger partial charge is 0.180 e. The van der Waals surface area contributed by atoms with Crippen molar-refractivity contribution in [1.29, 1.82) is 0 Å². The molecule has 0 radical (unpaired) electrons. The van der Waals surface area contributed by atoms with E-state index in [9.17, 15) is 13.5 Å². The third kappa shape index (κ3) is 3.65. The summed E-state index contributed by atoms with van der Waals surface area (Å²) in [6.45, 7) is 0. The highest BCUT2D eigenvalue weighted by atomic mass is 35.5. The molecule has 0 aliphatic rings. The fraction of sp³-hybridized carbons (Fsp3) is 0.333. The van der Waals surface area contributed by atoms with Crippen LogP contribution in [0.1, 0.15) is 0 Å². The third-order valence-corrected chi connectivity index (χ3v) is 4.18. The zero-order valence-corrected chi connectivity index (χ0v) is 10.1. The summed E-state index contributed by atoms with van der Waals surface area (Å²) >= 11 is 11.0. The lowest BCUT2D eigenvalue weighted by Gasteiger charge is -2.07. The first kappa shape index (κ1) is 12.8. The van der Waals surface area contributed by atoms with E-state index in [0.717, 1.165) is 0 Å². The van der Waals surface area contributed by atoms with Crippen LogP contribution in [-0.4, -0.2) is 31.3 Å². The van der Waals surface area contributed by atoms with E-state index in [1.165, 1.54) is 24.3 Å². The van der Waals surface area contributed by atoms with Crippen LogP contribution in [0.2, 0.25) is 5.02 Å². The van der Waals surface area contributed by atoms with E-state index in [2.05, 4.69) is 0 Å². The molecule has 0 bridgehead atoms. The van der Waals surface area contributed by atoms with Gasteiger partial charge in [-0.15, -0.1) is 11.6 Å². The van der Waals surface area contributed by atoms with Crippen molar-refractivity contribution in [2.45, 2.75) is 11.0 Å². The topological polar surface area (TPSA) is 54.4 Å². The molecule has 0 saturated carbocycles. The molecule has 1 aromatic carbocycles. The Hall–Kier alpha value is -0.290. The molecule has 0 spiro atoms. The molecular weight excluding hydrogens is 259 g/mol. The second-order valence-electron chi connectivity index (χ2n) is 3.04. The van der Waals surface area contributed by atoms with Crippen molar-refractivity contribution in [1.82, 2.24) is 0 Å². The summed E-state index contributed by atoms with van der Waals surface area (Å²) in [5.74, 6) is -0.481. The lowest BCUT2D eigenvalue weighted by molar-refractivity contribution is 0.221. The zero-order valence-electron chi connectivity index (χ0n) is 7.73. The van der Waals surface area contributed by atoms with Crippen molar-refractivity contribution in [3.8, 4) is 0 Å². The van der Waals surface area contributed by atoms with Gasteiger partial charge in [0.2, 0.25) is 0 Å². The van der Waals surface area contributed by atoms with Gasteiger partial charge in [0.15, 0.2) is 9.84 Å². The van der Waals surface area contributed by atoms with Gasteiger partial charge >= 0.3 is 0 Å². The van der Waals surface area contributed by atoms with Crippen LogP contribution in [-0.2, 0) is 9.84 Å². The summed E-state index contributed by atoms with van der Waals surface area (Å²) in [5.41, 5.74) is 0. The minimum Gasteiger partial charge on any atom is -0.391 e. The Morgan fingerprint density at radius 1 is 1.27 bits per heavy atom. The Morgan fingerprint density at radius 3 is 2.27 bits per heavy atom. The monoisotopic (exact) mass is 268 g/mol. The molecule has 0 amide bonds. The maximum absolute atomic E-state index is 11.7. The van der Waals surface area contributed by atoms with Crippen molar-refractivity contribution >= 4 is 33.0 Å². The van der Waals surface area contributed by atoms with E-state index in [1.54, 1.807) is 0 Å². The number of sulfone groups is 1. The summed E-state index contributed by atoms with van der Waals surface area (Å²) in [6.07, 6.45) is -1.05. The highest BCUT2D eigenvalue weighted by molar-refractivity contribution is 7.91. The number of rotatable bonds is 4. The molecule has 1 rings (SSSR count). The molecule has 0 saturated heterocycles. The van der Waals surface area contributed by atoms with Gasteiger partial charge in [-0.2, -0.15) is 0 Å². The van der Waals surface area contributed by atoms with Gasteiger partial charge in [0.05, 0.1) is 16.8 Å². The van der Waals surface area contributed by atoms with Gasteiger partial charge < -0.3 is 5.11 Å². The molecular formula is C9H10Cl2O3S. The second-order valence-corrected chi connectivity index (χ2v) is 5.82. The van der Waals surface area contributed by atoms with Crippen LogP contribution >= 0.6 is 23.2 Å². The Bertz CT molecular complexity index is 413. The molecule has 3 nitrogen and oxygen atoms in total. The minimum absolute atomic E-state index is 0.104. The average molecular weight is 269 g/mol. The van der Waals surface area contributed by atoms with Gasteiger partial charge in [0, 0.05) is 10.9 Å². The van der Waals surface area contributed by atoms with Crippen molar-refractivity contribution in [3.63, 3.8) is 0 Å². The molecule has 0 heterocycles. The highest BCUT2D eigenvalue weighted by Gasteiger charge is 2.18. The molecule has 84 valence electrons. The van der Waals surface area contributed by atoms with E-state index in [4.69, 9.17) is 23.2 Å². The molecule has 6 heteroatoms. The van der Waals surface area contributed by atoms with Crippen molar-refractivity contribution in [3.05, 3.63) is 29.3 Å². The average Bonchev–Trinajstić information content (AvgIpc) is 2.17. The molecule has 0 aliphatic carbocycles. The van der Waals surface area contributed by atoms with Crippen LogP contribution in [0.15, 0.2) is 29.2 Å². The maximum Gasteiger partial charge on any atom is 0.180 e. The standard InChI is InChI=1S/C9H10Cl2O3S/c10-5-8(12)6-15(13,14)9-3-1-7(11)2-4-9/h1-4,8,12H,5-6H2. The van der Waals surface area contributed by atoms with E-state index >= 15 is 0 Å². The molecule has 0 fully saturated rings. The first-order chi connectivity index (χ1) is 6.95. The number of hydrogen-bond donors (Lipinski definition) is 1. The van der Waals surface area contributed by atoms with Crippen LogP contribution in [0.3, 0.4) is 0 Å². The Labute approximate surface area is 98.6 Å². The molecule has 1 unspecified atom stereocenters. The van der Waals surface area contributed by atoms with Gasteiger partial charge in [-0.3, -0.25) is 0 Å². The molecule has 1 N–H and O–H groups in total. The Kier molecular flexibility index (Phi) is 4.40. The van der Waals surface area contributed by atoms with E-state index in [0.29, 0.717) is 5.02 Å². The van der Waals surface area contributed by atoms with Crippen molar-refractivity contribution in [2.75, 3.05) is 11.6 Å². The molecule has 1 aromatic rings. The van der Waals surface area contributed by atoms with Crippen LogP contribution in [0.4, 0.5) is 0 Å². The lowest BCUT2D eigenvalue weighted by atomic mass is 10.4. The van der Waals surface area contributed by atoms with Crippen LogP contribution in [0, 0.1) is 0 Å². The zero-order chi connectivity index (χ0) is 11.5. The minimum atomic E-state index is -3.48. The SMILES string of the molecule is O=S(=O)(CC(O)CCl)c1ccc(Cl)cc1. The van der Waals surface area contributed by atoms with E-state index in [-0.39, 0.29) is 16.5 Å². The summed E-state index contributed by atoms with van der Waals surface area (Å²) in [7, 11) is -3.48. The number of halogens is 2. The predicted octanol–water partition coefficient (Wildman–Crippen LogP) is 1.71. The van der Waals surface area contributed by atoms with Gasteiger partial charge in [-0.25, -0.2) is 8.42 Å².